The predicted molar refractivity (Wildman–Crippen MR) is 201 cm³/mol. The molecule has 0 bridgehead atoms. The first-order valence-corrected chi connectivity index (χ1v) is 20.8. The van der Waals surface area contributed by atoms with Crippen LogP contribution in [0.2, 0.25) is 0 Å². The zero-order chi connectivity index (χ0) is 31.5. The van der Waals surface area contributed by atoms with Crippen molar-refractivity contribution in [2.75, 3.05) is 37.0 Å². The van der Waals surface area contributed by atoms with Crippen molar-refractivity contribution >= 4 is 15.8 Å². The smallest absolute Gasteiger partial charge is 0.0242 e. The van der Waals surface area contributed by atoms with Crippen molar-refractivity contribution in [1.82, 2.24) is 0 Å². The van der Waals surface area contributed by atoms with Crippen LogP contribution in [0.5, 0.6) is 0 Å². The summed E-state index contributed by atoms with van der Waals surface area (Å²) >= 11 is 0. The standard InChI is InChI=1S/2C12H27P.2C8H6.Pt/c2*1-4-7-10-13(11-8-5-2)12-9-6-3;2*1-2-8-6-4-3-5-7-8;/h2*4-12H2,1-3H3;2*1,3-7H;. The minimum atomic E-state index is 0. The Kier molecular flexibility index (Phi) is 42.3. The van der Waals surface area contributed by atoms with E-state index < -0.39 is 0 Å². The maximum atomic E-state index is 5.10. The number of hydrogen-bond donors (Lipinski definition) is 0. The summed E-state index contributed by atoms with van der Waals surface area (Å²) in [6.07, 6.45) is 36.6. The van der Waals surface area contributed by atoms with Gasteiger partial charge in [0.25, 0.3) is 0 Å². The second kappa shape index (κ2) is 39.1. The van der Waals surface area contributed by atoms with Gasteiger partial charge in [-0.2, -0.15) is 0 Å². The van der Waals surface area contributed by atoms with Crippen LogP contribution < -0.4 is 0 Å². The van der Waals surface area contributed by atoms with Crippen molar-refractivity contribution in [2.24, 2.45) is 0 Å². The van der Waals surface area contributed by atoms with Crippen LogP contribution >= 0.6 is 15.8 Å². The average Bonchev–Trinajstić information content (AvgIpc) is 3.05. The van der Waals surface area contributed by atoms with Crippen molar-refractivity contribution in [3.8, 4) is 24.7 Å². The molecule has 0 aliphatic rings. The molecule has 2 aromatic carbocycles. The van der Waals surface area contributed by atoms with Gasteiger partial charge in [-0.3, -0.25) is 0 Å². The van der Waals surface area contributed by atoms with Crippen LogP contribution in [-0.2, 0) is 21.1 Å². The number of hydrogen-bond acceptors (Lipinski definition) is 0. The summed E-state index contributed by atoms with van der Waals surface area (Å²) < 4.78 is 0. The first kappa shape index (κ1) is 46.5. The first-order valence-electron chi connectivity index (χ1n) is 17.0. The monoisotopic (exact) mass is 803 g/mol. The fourth-order valence-electron chi connectivity index (χ4n) is 4.03. The van der Waals surface area contributed by atoms with Crippen LogP contribution in [0.3, 0.4) is 0 Å². The second-order valence-corrected chi connectivity index (χ2v) is 16.2. The summed E-state index contributed by atoms with van der Waals surface area (Å²) in [4.78, 5) is 0. The summed E-state index contributed by atoms with van der Waals surface area (Å²) in [5, 5.41) is 0. The van der Waals surface area contributed by atoms with Crippen molar-refractivity contribution in [1.29, 1.82) is 0 Å². The molecular formula is C40H66P2Pt. The summed E-state index contributed by atoms with van der Waals surface area (Å²) in [5.74, 6) is 5.05. The Morgan fingerprint density at radius 1 is 0.419 bits per heavy atom. The molecule has 0 radical (unpaired) electrons. The molecule has 0 spiro atoms. The van der Waals surface area contributed by atoms with E-state index in [2.05, 4.69) is 53.4 Å². The summed E-state index contributed by atoms with van der Waals surface area (Å²) in [6, 6.07) is 19.2. The van der Waals surface area contributed by atoms with Crippen LogP contribution in [0.1, 0.15) is 130 Å². The molecule has 0 atom stereocenters. The van der Waals surface area contributed by atoms with Crippen molar-refractivity contribution < 1.29 is 21.1 Å². The molecule has 0 N–H and O–H groups in total. The number of benzene rings is 2. The van der Waals surface area contributed by atoms with Crippen LogP contribution in [0.15, 0.2) is 60.7 Å². The fourth-order valence-corrected chi connectivity index (χ4v) is 9.95. The first-order chi connectivity index (χ1) is 20.6. The molecule has 3 heteroatoms. The van der Waals surface area contributed by atoms with Gasteiger partial charge in [0.1, 0.15) is 0 Å². The van der Waals surface area contributed by atoms with Crippen LogP contribution in [-0.4, -0.2) is 37.0 Å². The van der Waals surface area contributed by atoms with Crippen LogP contribution in [0.25, 0.3) is 0 Å². The van der Waals surface area contributed by atoms with Gasteiger partial charge < -0.3 is 0 Å². The van der Waals surface area contributed by atoms with E-state index in [9.17, 15) is 0 Å². The zero-order valence-electron chi connectivity index (χ0n) is 28.9. The van der Waals surface area contributed by atoms with Gasteiger partial charge in [0.2, 0.25) is 0 Å². The number of unbranched alkanes of at least 4 members (excludes halogenated alkanes) is 6. The molecule has 0 unspecified atom stereocenters. The SMILES string of the molecule is C#Cc1ccccc1.C#Cc1ccccc1.CCCCP(CCCC)CCCC.CCCCP(CCCC)CCCC.[Pt]. The molecule has 43 heavy (non-hydrogen) atoms. The fraction of sp³-hybridized carbons (Fsp3) is 0.600. The molecular weight excluding hydrogens is 737 g/mol. The molecule has 0 saturated carbocycles. The molecule has 0 aromatic heterocycles. The van der Waals surface area contributed by atoms with E-state index in [0.717, 1.165) is 11.1 Å². The Balaban J connectivity index is -0.000000503. The normalized spacial score (nSPS) is 9.63. The van der Waals surface area contributed by atoms with E-state index in [1.165, 1.54) is 77.0 Å². The van der Waals surface area contributed by atoms with Gasteiger partial charge in [0.05, 0.1) is 0 Å². The number of rotatable bonds is 18. The molecule has 0 amide bonds. The molecule has 246 valence electrons. The molecule has 2 aromatic rings. The van der Waals surface area contributed by atoms with Gasteiger partial charge in [-0.25, -0.2) is 0 Å². The Morgan fingerprint density at radius 3 is 0.767 bits per heavy atom. The van der Waals surface area contributed by atoms with Gasteiger partial charge in [-0.1, -0.05) is 128 Å². The molecule has 0 fully saturated rings. The van der Waals surface area contributed by atoms with E-state index in [-0.39, 0.29) is 21.1 Å². The molecule has 0 aliphatic heterocycles. The third kappa shape index (κ3) is 33.8. The Hall–Kier alpha value is -0.892. The Morgan fingerprint density at radius 2 is 0.628 bits per heavy atom. The maximum Gasteiger partial charge on any atom is 0.0242 e. The predicted octanol–water partition coefficient (Wildman–Crippen LogP) is 13.1. The van der Waals surface area contributed by atoms with Crippen LogP contribution in [0.4, 0.5) is 0 Å². The van der Waals surface area contributed by atoms with Crippen molar-refractivity contribution in [2.45, 2.75) is 119 Å². The second-order valence-electron chi connectivity index (χ2n) is 10.8. The molecule has 0 aliphatic carbocycles. The Bertz CT molecular complexity index is 742. The van der Waals surface area contributed by atoms with Crippen LogP contribution in [0, 0.1) is 24.7 Å². The Labute approximate surface area is 287 Å². The average molecular weight is 804 g/mol. The summed E-state index contributed by atoms with van der Waals surface area (Å²) in [6.45, 7) is 13.9. The van der Waals surface area contributed by atoms with Gasteiger partial charge in [-0.15, -0.1) is 28.7 Å². The van der Waals surface area contributed by atoms with E-state index >= 15 is 0 Å². The molecule has 2 rings (SSSR count). The topological polar surface area (TPSA) is 0 Å². The van der Waals surface area contributed by atoms with E-state index in [4.69, 9.17) is 12.8 Å². The maximum absolute atomic E-state index is 5.10. The minimum absolute atomic E-state index is 0. The zero-order valence-corrected chi connectivity index (χ0v) is 32.9. The number of terminal acetylenes is 2. The third-order valence-corrected chi connectivity index (χ3v) is 12.5. The molecule has 0 saturated heterocycles. The van der Waals surface area contributed by atoms with Gasteiger partial charge in [0, 0.05) is 32.2 Å². The van der Waals surface area contributed by atoms with Crippen molar-refractivity contribution in [3.05, 3.63) is 71.8 Å². The van der Waals surface area contributed by atoms with Crippen molar-refractivity contribution in [3.63, 3.8) is 0 Å². The van der Waals surface area contributed by atoms with Gasteiger partial charge >= 0.3 is 0 Å². The third-order valence-electron chi connectivity index (χ3n) is 6.85. The molecule has 0 nitrogen and oxygen atoms in total. The summed E-state index contributed by atoms with van der Waals surface area (Å²) in [7, 11) is 0.843. The van der Waals surface area contributed by atoms with E-state index in [1.807, 2.05) is 60.7 Å². The van der Waals surface area contributed by atoms with E-state index in [1.54, 1.807) is 37.0 Å². The largest absolute Gasteiger partial charge is 0.115 e. The minimum Gasteiger partial charge on any atom is -0.115 e. The molecule has 0 heterocycles. The summed E-state index contributed by atoms with van der Waals surface area (Å²) in [5.41, 5.74) is 1.88. The quantitative estimate of drug-likeness (QED) is 0.104. The van der Waals surface area contributed by atoms with Gasteiger partial charge in [0.15, 0.2) is 0 Å². The van der Waals surface area contributed by atoms with E-state index in [0.29, 0.717) is 15.8 Å². The van der Waals surface area contributed by atoms with Gasteiger partial charge in [-0.05, 0) is 99.8 Å².